The Kier molecular flexibility index (Phi) is 4.09. The van der Waals surface area contributed by atoms with Gasteiger partial charge in [0.2, 0.25) is 0 Å². The van der Waals surface area contributed by atoms with Crippen molar-refractivity contribution in [2.45, 2.75) is 50.5 Å². The van der Waals surface area contributed by atoms with E-state index in [1.165, 1.54) is 48.8 Å². The van der Waals surface area contributed by atoms with Gasteiger partial charge in [0.1, 0.15) is 0 Å². The highest BCUT2D eigenvalue weighted by molar-refractivity contribution is 5.69. The first-order chi connectivity index (χ1) is 11.3. The van der Waals surface area contributed by atoms with E-state index in [-0.39, 0.29) is 6.10 Å². The van der Waals surface area contributed by atoms with E-state index in [9.17, 15) is 5.11 Å². The topological polar surface area (TPSA) is 32.3 Å². The fraction of sp³-hybridized carbons (Fsp3) is 0.429. The largest absolute Gasteiger partial charge is 0.388 e. The molecule has 1 fully saturated rings. The Balaban J connectivity index is 1.59. The maximum atomic E-state index is 10.2. The number of benzene rings is 2. The number of rotatable bonds is 2. The van der Waals surface area contributed by atoms with E-state index < -0.39 is 0 Å². The second kappa shape index (κ2) is 6.37. The van der Waals surface area contributed by atoms with Gasteiger partial charge < -0.3 is 10.4 Å². The molecule has 0 aromatic heterocycles. The molecule has 1 aliphatic heterocycles. The Labute approximate surface area is 138 Å². The molecule has 0 spiro atoms. The van der Waals surface area contributed by atoms with Gasteiger partial charge in [0.05, 0.1) is 6.10 Å². The number of hydrogen-bond donors (Lipinski definition) is 2. The van der Waals surface area contributed by atoms with E-state index in [0.29, 0.717) is 0 Å². The first kappa shape index (κ1) is 14.8. The van der Waals surface area contributed by atoms with Crippen LogP contribution in [0.5, 0.6) is 0 Å². The SMILES string of the molecule is OC1CCNc2ccc(-c3ccc(C4CCCCC4)cc3)cc21. The third kappa shape index (κ3) is 3.00. The predicted molar refractivity (Wildman–Crippen MR) is 95.8 cm³/mol. The second-order valence-corrected chi connectivity index (χ2v) is 6.99. The maximum Gasteiger partial charge on any atom is 0.0826 e. The van der Waals surface area contributed by atoms with Crippen LogP contribution in [-0.2, 0) is 0 Å². The van der Waals surface area contributed by atoms with Gasteiger partial charge >= 0.3 is 0 Å². The minimum Gasteiger partial charge on any atom is -0.388 e. The third-order valence-corrected chi connectivity index (χ3v) is 5.46. The van der Waals surface area contributed by atoms with Gasteiger partial charge in [-0.15, -0.1) is 0 Å². The van der Waals surface area contributed by atoms with Gasteiger partial charge in [-0.2, -0.15) is 0 Å². The van der Waals surface area contributed by atoms with Crippen molar-refractivity contribution in [3.63, 3.8) is 0 Å². The van der Waals surface area contributed by atoms with Gasteiger partial charge in [0, 0.05) is 17.8 Å². The standard InChI is InChI=1S/C21H25NO/c23-21-12-13-22-20-11-10-18(14-19(20)21)17-8-6-16(7-9-17)15-4-2-1-3-5-15/h6-11,14-15,21-23H,1-5,12-13H2. The summed E-state index contributed by atoms with van der Waals surface area (Å²) in [6.45, 7) is 0.851. The summed E-state index contributed by atoms with van der Waals surface area (Å²) in [6.07, 6.45) is 7.29. The smallest absolute Gasteiger partial charge is 0.0826 e. The van der Waals surface area contributed by atoms with Crippen LogP contribution in [0.2, 0.25) is 0 Å². The molecule has 2 nitrogen and oxygen atoms in total. The van der Waals surface area contributed by atoms with Crippen LogP contribution in [-0.4, -0.2) is 11.7 Å². The van der Waals surface area contributed by atoms with Crippen LogP contribution in [0.1, 0.15) is 61.7 Å². The predicted octanol–water partition coefficient (Wildman–Crippen LogP) is 5.25. The van der Waals surface area contributed by atoms with Crippen molar-refractivity contribution in [3.05, 3.63) is 53.6 Å². The van der Waals surface area contributed by atoms with Crippen LogP contribution in [0.15, 0.2) is 42.5 Å². The average molecular weight is 307 g/mol. The van der Waals surface area contributed by atoms with Crippen molar-refractivity contribution in [2.24, 2.45) is 0 Å². The van der Waals surface area contributed by atoms with Crippen LogP contribution in [0.3, 0.4) is 0 Å². The number of aliphatic hydroxyl groups is 1. The molecule has 2 aromatic carbocycles. The van der Waals surface area contributed by atoms with Crippen molar-refractivity contribution < 1.29 is 5.11 Å². The molecular weight excluding hydrogens is 282 g/mol. The summed E-state index contributed by atoms with van der Waals surface area (Å²) in [7, 11) is 0. The van der Waals surface area contributed by atoms with Gasteiger partial charge in [-0.3, -0.25) is 0 Å². The summed E-state index contributed by atoms with van der Waals surface area (Å²) in [5.41, 5.74) is 6.04. The summed E-state index contributed by atoms with van der Waals surface area (Å²) in [4.78, 5) is 0. The number of fused-ring (bicyclic) bond motifs is 1. The second-order valence-electron chi connectivity index (χ2n) is 6.99. The van der Waals surface area contributed by atoms with Gasteiger partial charge in [-0.05, 0) is 54.0 Å². The first-order valence-corrected chi connectivity index (χ1v) is 8.97. The Morgan fingerprint density at radius 3 is 2.35 bits per heavy atom. The molecule has 2 heteroatoms. The van der Waals surface area contributed by atoms with Crippen molar-refractivity contribution >= 4 is 5.69 Å². The number of anilines is 1. The summed E-state index contributed by atoms with van der Waals surface area (Å²) in [5, 5.41) is 13.6. The molecule has 2 aliphatic rings. The molecule has 120 valence electrons. The number of hydrogen-bond acceptors (Lipinski definition) is 2. The monoisotopic (exact) mass is 307 g/mol. The minimum atomic E-state index is -0.340. The van der Waals surface area contributed by atoms with Gasteiger partial charge in [0.25, 0.3) is 0 Å². The van der Waals surface area contributed by atoms with Gasteiger partial charge in [-0.1, -0.05) is 49.6 Å². The Bertz CT molecular complexity index is 671. The van der Waals surface area contributed by atoms with Crippen LogP contribution in [0.25, 0.3) is 11.1 Å². The molecular formula is C21H25NO. The lowest BCUT2D eigenvalue weighted by molar-refractivity contribution is 0.168. The van der Waals surface area contributed by atoms with Crippen molar-refractivity contribution in [2.75, 3.05) is 11.9 Å². The van der Waals surface area contributed by atoms with E-state index in [1.54, 1.807) is 0 Å². The lowest BCUT2D eigenvalue weighted by Gasteiger charge is -2.24. The highest BCUT2D eigenvalue weighted by Crippen LogP contribution is 2.36. The molecule has 0 radical (unpaired) electrons. The van der Waals surface area contributed by atoms with Crippen molar-refractivity contribution in [1.29, 1.82) is 0 Å². The van der Waals surface area contributed by atoms with Crippen LogP contribution in [0, 0.1) is 0 Å². The van der Waals surface area contributed by atoms with Crippen molar-refractivity contribution in [3.8, 4) is 11.1 Å². The molecule has 4 rings (SSSR count). The van der Waals surface area contributed by atoms with Crippen LogP contribution in [0.4, 0.5) is 5.69 Å². The molecule has 23 heavy (non-hydrogen) atoms. The van der Waals surface area contributed by atoms with Gasteiger partial charge in [0.15, 0.2) is 0 Å². The first-order valence-electron chi connectivity index (χ1n) is 8.97. The molecule has 0 bridgehead atoms. The molecule has 1 heterocycles. The molecule has 1 aliphatic carbocycles. The fourth-order valence-electron chi connectivity index (χ4n) is 4.06. The fourth-order valence-corrected chi connectivity index (χ4v) is 4.06. The average Bonchev–Trinajstić information content (AvgIpc) is 2.63. The Morgan fingerprint density at radius 1 is 0.826 bits per heavy atom. The summed E-state index contributed by atoms with van der Waals surface area (Å²) < 4.78 is 0. The molecule has 2 N–H and O–H groups in total. The zero-order valence-corrected chi connectivity index (χ0v) is 13.6. The maximum absolute atomic E-state index is 10.2. The van der Waals surface area contributed by atoms with Crippen molar-refractivity contribution in [1.82, 2.24) is 0 Å². The normalized spacial score (nSPS) is 21.5. The van der Waals surface area contributed by atoms with E-state index in [0.717, 1.165) is 30.1 Å². The highest BCUT2D eigenvalue weighted by atomic mass is 16.3. The molecule has 0 saturated heterocycles. The van der Waals surface area contributed by atoms with E-state index in [1.807, 2.05) is 0 Å². The van der Waals surface area contributed by atoms with Crippen LogP contribution < -0.4 is 5.32 Å². The lowest BCUT2D eigenvalue weighted by Crippen LogP contribution is -2.16. The van der Waals surface area contributed by atoms with E-state index in [2.05, 4.69) is 47.8 Å². The summed E-state index contributed by atoms with van der Waals surface area (Å²) in [5.74, 6) is 0.757. The van der Waals surface area contributed by atoms with Crippen LogP contribution >= 0.6 is 0 Å². The molecule has 1 atom stereocenters. The Morgan fingerprint density at radius 2 is 1.57 bits per heavy atom. The zero-order valence-electron chi connectivity index (χ0n) is 13.6. The zero-order chi connectivity index (χ0) is 15.6. The van der Waals surface area contributed by atoms with Gasteiger partial charge in [-0.25, -0.2) is 0 Å². The number of nitrogens with one attached hydrogen (secondary N) is 1. The summed E-state index contributed by atoms with van der Waals surface area (Å²) in [6, 6.07) is 15.5. The summed E-state index contributed by atoms with van der Waals surface area (Å²) >= 11 is 0. The lowest BCUT2D eigenvalue weighted by atomic mass is 9.83. The third-order valence-electron chi connectivity index (χ3n) is 5.46. The molecule has 1 unspecified atom stereocenters. The van der Waals surface area contributed by atoms with E-state index >= 15 is 0 Å². The highest BCUT2D eigenvalue weighted by Gasteiger charge is 2.18. The molecule has 1 saturated carbocycles. The van der Waals surface area contributed by atoms with E-state index in [4.69, 9.17) is 0 Å². The molecule has 2 aromatic rings. The quantitative estimate of drug-likeness (QED) is 0.794. The molecule has 0 amide bonds. The Hall–Kier alpha value is -1.80. The number of aliphatic hydroxyl groups excluding tert-OH is 1. The minimum absolute atomic E-state index is 0.340.